The molecule has 0 unspecified atom stereocenters. The molecule has 214 valence electrons. The normalized spacial score (nSPS) is 16.6. The lowest BCUT2D eigenvalue weighted by atomic mass is 9.96. The number of rotatable bonds is 8. The van der Waals surface area contributed by atoms with Gasteiger partial charge in [0.25, 0.3) is 6.43 Å². The third-order valence-corrected chi connectivity index (χ3v) is 7.65. The molecule has 1 aliphatic heterocycles. The quantitative estimate of drug-likeness (QED) is 0.227. The van der Waals surface area contributed by atoms with Crippen LogP contribution in [0.1, 0.15) is 56.3 Å². The second-order valence-corrected chi connectivity index (χ2v) is 11.9. The van der Waals surface area contributed by atoms with E-state index in [0.29, 0.717) is 58.5 Å². The van der Waals surface area contributed by atoms with Gasteiger partial charge in [-0.3, -0.25) is 9.99 Å². The summed E-state index contributed by atoms with van der Waals surface area (Å²) in [6, 6.07) is 13.2. The van der Waals surface area contributed by atoms with E-state index in [4.69, 9.17) is 0 Å². The molecule has 10 nitrogen and oxygen atoms in total. The molecule has 0 amide bonds. The Bertz CT molecular complexity index is 1790. The Morgan fingerprint density at radius 1 is 1.14 bits per heavy atom. The van der Waals surface area contributed by atoms with Crippen LogP contribution in [0, 0.1) is 28.1 Å². The van der Waals surface area contributed by atoms with Crippen LogP contribution >= 0.6 is 0 Å². The number of aromatic nitrogens is 3. The van der Waals surface area contributed by atoms with Crippen molar-refractivity contribution in [3.63, 3.8) is 0 Å². The van der Waals surface area contributed by atoms with Crippen molar-refractivity contribution in [2.24, 2.45) is 5.41 Å². The molecule has 6 rings (SSSR count). The van der Waals surface area contributed by atoms with Crippen LogP contribution in [0.25, 0.3) is 16.4 Å². The minimum atomic E-state index is -2.51. The number of nitrogens with zero attached hydrogens (tertiary/aromatic N) is 6. The number of benzene rings is 1. The molecule has 1 aliphatic carbocycles. The van der Waals surface area contributed by atoms with Gasteiger partial charge in [0.15, 0.2) is 0 Å². The lowest BCUT2D eigenvalue weighted by Gasteiger charge is -2.25. The summed E-state index contributed by atoms with van der Waals surface area (Å²) in [7, 11) is 0. The molecule has 0 spiro atoms. The van der Waals surface area contributed by atoms with E-state index in [-0.39, 0.29) is 5.41 Å². The highest BCUT2D eigenvalue weighted by molar-refractivity contribution is 5.99. The van der Waals surface area contributed by atoms with Gasteiger partial charge < -0.3 is 16.1 Å². The van der Waals surface area contributed by atoms with E-state index in [9.17, 15) is 19.3 Å². The van der Waals surface area contributed by atoms with Gasteiger partial charge in [-0.1, -0.05) is 26.8 Å². The first-order chi connectivity index (χ1) is 20.1. The van der Waals surface area contributed by atoms with Crippen molar-refractivity contribution in [3.8, 4) is 12.1 Å². The Hall–Kier alpha value is -4.94. The van der Waals surface area contributed by atoms with E-state index >= 15 is 0 Å². The summed E-state index contributed by atoms with van der Waals surface area (Å²) in [6.07, 6.45) is 4.94. The monoisotopic (exact) mass is 568 g/mol. The number of hydrogen-bond acceptors (Lipinski definition) is 9. The van der Waals surface area contributed by atoms with Gasteiger partial charge in [-0.15, -0.1) is 5.53 Å². The van der Waals surface area contributed by atoms with Gasteiger partial charge >= 0.3 is 0 Å². The van der Waals surface area contributed by atoms with Gasteiger partial charge in [-0.25, -0.2) is 13.3 Å². The van der Waals surface area contributed by atoms with Crippen molar-refractivity contribution >= 4 is 27.8 Å². The first kappa shape index (κ1) is 27.2. The number of nitriles is 2. The number of hydrogen-bond donors (Lipinski definition) is 4. The first-order valence-corrected chi connectivity index (χ1v) is 13.6. The minimum Gasteiger partial charge on any atom is -0.383 e. The molecule has 12 heteroatoms. The molecule has 3 aromatic heterocycles. The molecule has 0 bridgehead atoms. The number of nitrogens with one attached hydrogen (secondary N) is 4. The Morgan fingerprint density at radius 3 is 2.62 bits per heavy atom. The molecule has 1 aromatic carbocycles. The Balaban J connectivity index is 1.47. The summed E-state index contributed by atoms with van der Waals surface area (Å²) >= 11 is 0. The molecule has 0 radical (unpaired) electrons. The number of pyridine rings is 2. The van der Waals surface area contributed by atoms with Crippen molar-refractivity contribution in [2.45, 2.75) is 51.6 Å². The number of fused-ring (bicyclic) bond motifs is 2. The molecule has 4 heterocycles. The highest BCUT2D eigenvalue weighted by Gasteiger charge is 2.56. The van der Waals surface area contributed by atoms with Gasteiger partial charge in [0, 0.05) is 48.0 Å². The fourth-order valence-corrected chi connectivity index (χ4v) is 5.22. The summed E-state index contributed by atoms with van der Waals surface area (Å²) in [6.45, 7) is 6.86. The smallest absolute Gasteiger partial charge is 0.262 e. The topological polar surface area (TPSA) is 129 Å². The van der Waals surface area contributed by atoms with E-state index in [2.05, 4.69) is 64.6 Å². The molecule has 1 atom stereocenters. The first-order valence-electron chi connectivity index (χ1n) is 13.6. The Kier molecular flexibility index (Phi) is 6.59. The Labute approximate surface area is 241 Å². The summed E-state index contributed by atoms with van der Waals surface area (Å²) < 4.78 is 29.6. The van der Waals surface area contributed by atoms with Crippen LogP contribution < -0.4 is 21.6 Å². The fourth-order valence-electron chi connectivity index (χ4n) is 5.22. The van der Waals surface area contributed by atoms with Gasteiger partial charge in [0.2, 0.25) is 0 Å². The van der Waals surface area contributed by atoms with Crippen LogP contribution in [0.4, 0.5) is 20.2 Å². The van der Waals surface area contributed by atoms with Crippen LogP contribution in [0.2, 0.25) is 0 Å². The van der Waals surface area contributed by atoms with E-state index in [1.54, 1.807) is 23.0 Å². The average molecular weight is 569 g/mol. The summed E-state index contributed by atoms with van der Waals surface area (Å²) in [4.78, 5) is 4.44. The summed E-state index contributed by atoms with van der Waals surface area (Å²) in [5.74, 6) is 0. The lowest BCUT2D eigenvalue weighted by molar-refractivity contribution is 0.00911. The molecule has 2 aliphatic rings. The number of hydrazine groups is 2. The van der Waals surface area contributed by atoms with Crippen LogP contribution in [-0.2, 0) is 0 Å². The molecule has 1 fully saturated rings. The predicted octanol–water partition coefficient (Wildman–Crippen LogP) is 5.20. The SMILES string of the molecule is CC(C)(C)CNc1c(C#N)cnc2c(C#N)cc(N[C@H](C3=CN(C4(C(F)F)CC4)NN3)c3cccn4nccc34)cc12. The average Bonchev–Trinajstić information content (AvgIpc) is 3.39. The molecular weight excluding hydrogens is 538 g/mol. The Morgan fingerprint density at radius 2 is 1.93 bits per heavy atom. The zero-order chi connectivity index (χ0) is 29.6. The molecule has 0 saturated heterocycles. The van der Waals surface area contributed by atoms with Crippen molar-refractivity contribution in [1.29, 1.82) is 10.5 Å². The number of anilines is 2. The number of alkyl halides is 2. The van der Waals surface area contributed by atoms with Crippen LogP contribution in [0.5, 0.6) is 0 Å². The third-order valence-electron chi connectivity index (χ3n) is 7.65. The van der Waals surface area contributed by atoms with Crippen molar-refractivity contribution in [2.75, 3.05) is 17.2 Å². The third kappa shape index (κ3) is 4.80. The minimum absolute atomic E-state index is 0.0676. The molecular formula is C30H30F2N10. The second kappa shape index (κ2) is 10.2. The fraction of sp³-hybridized carbons (Fsp3) is 0.333. The van der Waals surface area contributed by atoms with E-state index in [1.807, 2.05) is 30.5 Å². The van der Waals surface area contributed by atoms with Gasteiger partial charge in [-0.05, 0) is 42.5 Å². The maximum Gasteiger partial charge on any atom is 0.262 e. The maximum absolute atomic E-state index is 13.9. The van der Waals surface area contributed by atoms with E-state index in [1.165, 1.54) is 11.2 Å². The van der Waals surface area contributed by atoms with Crippen LogP contribution in [-0.4, -0.2) is 38.1 Å². The summed E-state index contributed by atoms with van der Waals surface area (Å²) in [5, 5.41) is 33.3. The van der Waals surface area contributed by atoms with Crippen molar-refractivity contribution < 1.29 is 8.78 Å². The molecule has 4 N–H and O–H groups in total. The summed E-state index contributed by atoms with van der Waals surface area (Å²) in [5.41, 5.74) is 9.36. The standard InChI is InChI=1S/C30H30F2N10/c1-29(2,3)17-36-26-19(14-34)15-35-25-18(13-33)11-20(12-22(25)26)38-27(21-5-4-10-41-24(21)6-9-37-41)23-16-42(40-39-23)30(7-8-30)28(31)32/h4-6,9-12,15-16,27-28,38-40H,7-8,17H2,1-3H3,(H,35,36)/t27-/m0/s1. The predicted molar refractivity (Wildman–Crippen MR) is 155 cm³/mol. The van der Waals surface area contributed by atoms with Crippen LogP contribution in [0.15, 0.2) is 60.8 Å². The lowest BCUT2D eigenvalue weighted by Crippen LogP contribution is -2.48. The van der Waals surface area contributed by atoms with Gasteiger partial charge in [0.1, 0.15) is 17.7 Å². The molecule has 4 aromatic rings. The molecule has 42 heavy (non-hydrogen) atoms. The van der Waals surface area contributed by atoms with E-state index < -0.39 is 18.0 Å². The van der Waals surface area contributed by atoms with Crippen molar-refractivity contribution in [1.82, 2.24) is 30.6 Å². The zero-order valence-electron chi connectivity index (χ0n) is 23.4. The van der Waals surface area contributed by atoms with Crippen LogP contribution in [0.3, 0.4) is 0 Å². The highest BCUT2D eigenvalue weighted by atomic mass is 19.3. The largest absolute Gasteiger partial charge is 0.383 e. The number of halogens is 2. The highest BCUT2D eigenvalue weighted by Crippen LogP contribution is 2.47. The molecule has 1 saturated carbocycles. The zero-order valence-corrected chi connectivity index (χ0v) is 23.4. The second-order valence-electron chi connectivity index (χ2n) is 11.9. The maximum atomic E-state index is 13.9. The van der Waals surface area contributed by atoms with Gasteiger partial charge in [0.05, 0.1) is 39.6 Å². The van der Waals surface area contributed by atoms with Gasteiger partial charge in [-0.2, -0.15) is 15.6 Å². The van der Waals surface area contributed by atoms with Crippen molar-refractivity contribution in [3.05, 3.63) is 77.5 Å². The van der Waals surface area contributed by atoms with E-state index in [0.717, 1.165) is 11.1 Å².